The van der Waals surface area contributed by atoms with E-state index in [9.17, 15) is 4.79 Å². The van der Waals surface area contributed by atoms with Crippen molar-refractivity contribution in [1.82, 2.24) is 30.3 Å². The minimum atomic E-state index is -0.106. The van der Waals surface area contributed by atoms with E-state index in [1.807, 2.05) is 11.8 Å². The first-order valence-corrected chi connectivity index (χ1v) is 10.3. The molecule has 2 N–H and O–H groups in total. The van der Waals surface area contributed by atoms with Gasteiger partial charge in [0.25, 0.3) is 0 Å². The van der Waals surface area contributed by atoms with E-state index in [4.69, 9.17) is 0 Å². The fraction of sp³-hybridized carbons (Fsp3) is 0.706. The van der Waals surface area contributed by atoms with Crippen molar-refractivity contribution in [3.8, 4) is 0 Å². The summed E-state index contributed by atoms with van der Waals surface area (Å²) >= 11 is 1.50. The summed E-state index contributed by atoms with van der Waals surface area (Å²) < 4.78 is 0. The number of H-pyrrole nitrogens is 1. The van der Waals surface area contributed by atoms with Crippen molar-refractivity contribution < 1.29 is 4.79 Å². The SMILES string of the molecule is Cc1nc(C2CCCN(C(=O)Nc3nnc(CC4CCCC4)s3)C2)n[nH]1. The Morgan fingerprint density at radius 2 is 2.12 bits per heavy atom. The summed E-state index contributed by atoms with van der Waals surface area (Å²) in [6.07, 6.45) is 8.18. The highest BCUT2D eigenvalue weighted by Crippen LogP contribution is 2.30. The highest BCUT2D eigenvalue weighted by atomic mass is 32.1. The third-order valence-corrected chi connectivity index (χ3v) is 6.17. The average Bonchev–Trinajstić information content (AvgIpc) is 3.39. The molecule has 3 heterocycles. The largest absolute Gasteiger partial charge is 0.324 e. The van der Waals surface area contributed by atoms with Crippen LogP contribution in [0.25, 0.3) is 0 Å². The number of likely N-dealkylation sites (tertiary alicyclic amines) is 1. The zero-order chi connectivity index (χ0) is 17.9. The van der Waals surface area contributed by atoms with Gasteiger partial charge in [-0.05, 0) is 25.7 Å². The molecule has 1 saturated heterocycles. The second kappa shape index (κ2) is 7.69. The number of aryl methyl sites for hydroxylation is 1. The fourth-order valence-corrected chi connectivity index (χ4v) is 4.78. The van der Waals surface area contributed by atoms with Crippen LogP contribution in [-0.4, -0.2) is 49.4 Å². The van der Waals surface area contributed by atoms with E-state index in [0.717, 1.165) is 48.4 Å². The average molecular weight is 376 g/mol. The van der Waals surface area contributed by atoms with Gasteiger partial charge in [-0.1, -0.05) is 37.0 Å². The molecule has 1 unspecified atom stereocenters. The first kappa shape index (κ1) is 17.4. The van der Waals surface area contributed by atoms with Gasteiger partial charge < -0.3 is 4.90 Å². The van der Waals surface area contributed by atoms with Gasteiger partial charge in [-0.3, -0.25) is 10.4 Å². The molecule has 2 amide bonds. The highest BCUT2D eigenvalue weighted by molar-refractivity contribution is 7.15. The number of aromatic amines is 1. The monoisotopic (exact) mass is 375 g/mol. The number of nitrogens with zero attached hydrogens (tertiary/aromatic N) is 5. The maximum Gasteiger partial charge on any atom is 0.323 e. The lowest BCUT2D eigenvalue weighted by Gasteiger charge is -2.31. The highest BCUT2D eigenvalue weighted by Gasteiger charge is 2.28. The smallest absolute Gasteiger partial charge is 0.323 e. The molecule has 0 radical (unpaired) electrons. The molecule has 1 saturated carbocycles. The number of piperidine rings is 1. The molecule has 26 heavy (non-hydrogen) atoms. The minimum Gasteiger partial charge on any atom is -0.324 e. The van der Waals surface area contributed by atoms with E-state index in [0.29, 0.717) is 11.7 Å². The van der Waals surface area contributed by atoms with Crippen LogP contribution >= 0.6 is 11.3 Å². The Bertz CT molecular complexity index is 752. The van der Waals surface area contributed by atoms with Crippen LogP contribution in [0.1, 0.15) is 61.1 Å². The van der Waals surface area contributed by atoms with Crippen LogP contribution in [0.3, 0.4) is 0 Å². The molecule has 0 bridgehead atoms. The van der Waals surface area contributed by atoms with Crippen molar-refractivity contribution in [3.63, 3.8) is 0 Å². The van der Waals surface area contributed by atoms with Crippen LogP contribution in [0, 0.1) is 12.8 Å². The standard InChI is InChI=1S/C17H25N7OS/c1-11-18-15(22-20-11)13-7-4-8-24(10-13)17(25)19-16-23-21-14(26-16)9-12-5-2-3-6-12/h12-13H,2-10H2,1H3,(H,18,20,22)(H,19,23,25). The molecule has 4 rings (SSSR count). The Hall–Kier alpha value is -2.03. The van der Waals surface area contributed by atoms with Crippen LogP contribution in [0.2, 0.25) is 0 Å². The van der Waals surface area contributed by atoms with Crippen molar-refractivity contribution >= 4 is 22.5 Å². The molecular weight excluding hydrogens is 350 g/mol. The van der Waals surface area contributed by atoms with Gasteiger partial charge in [-0.2, -0.15) is 5.10 Å². The van der Waals surface area contributed by atoms with Gasteiger partial charge in [0.2, 0.25) is 5.13 Å². The first-order chi connectivity index (χ1) is 12.7. The first-order valence-electron chi connectivity index (χ1n) is 9.44. The lowest BCUT2D eigenvalue weighted by molar-refractivity contribution is 0.191. The molecule has 9 heteroatoms. The van der Waals surface area contributed by atoms with Crippen LogP contribution in [-0.2, 0) is 6.42 Å². The zero-order valence-electron chi connectivity index (χ0n) is 15.1. The number of rotatable bonds is 4. The summed E-state index contributed by atoms with van der Waals surface area (Å²) in [4.78, 5) is 18.9. The molecule has 1 atom stereocenters. The van der Waals surface area contributed by atoms with Crippen molar-refractivity contribution in [1.29, 1.82) is 0 Å². The Labute approximate surface area is 156 Å². The molecule has 2 fully saturated rings. The zero-order valence-corrected chi connectivity index (χ0v) is 15.9. The molecule has 1 aliphatic carbocycles. The maximum atomic E-state index is 12.6. The third kappa shape index (κ3) is 4.03. The van der Waals surface area contributed by atoms with Crippen molar-refractivity contribution in [3.05, 3.63) is 16.7 Å². The summed E-state index contributed by atoms with van der Waals surface area (Å²) in [7, 11) is 0. The molecule has 140 valence electrons. The Morgan fingerprint density at radius 3 is 2.88 bits per heavy atom. The molecule has 2 aliphatic rings. The molecule has 0 aromatic carbocycles. The van der Waals surface area contributed by atoms with E-state index in [-0.39, 0.29) is 11.9 Å². The number of amides is 2. The van der Waals surface area contributed by atoms with Gasteiger partial charge in [0.15, 0.2) is 5.82 Å². The second-order valence-electron chi connectivity index (χ2n) is 7.35. The minimum absolute atomic E-state index is 0.106. The number of carbonyl (C=O) groups excluding carboxylic acids is 1. The van der Waals surface area contributed by atoms with Crippen LogP contribution in [0.4, 0.5) is 9.93 Å². The summed E-state index contributed by atoms with van der Waals surface area (Å²) in [5, 5.41) is 20.1. The Kier molecular flexibility index (Phi) is 5.14. The summed E-state index contributed by atoms with van der Waals surface area (Å²) in [5.41, 5.74) is 0. The normalized spacial score (nSPS) is 21.3. The number of aromatic nitrogens is 5. The van der Waals surface area contributed by atoms with Crippen molar-refractivity contribution in [2.75, 3.05) is 18.4 Å². The predicted molar refractivity (Wildman–Crippen MR) is 99.3 cm³/mol. The van der Waals surface area contributed by atoms with E-state index in [1.165, 1.54) is 37.0 Å². The molecular formula is C17H25N7OS. The number of hydrogen-bond acceptors (Lipinski definition) is 6. The summed E-state index contributed by atoms with van der Waals surface area (Å²) in [6, 6.07) is -0.106. The van der Waals surface area contributed by atoms with Gasteiger partial charge in [0.1, 0.15) is 10.8 Å². The van der Waals surface area contributed by atoms with Crippen LogP contribution < -0.4 is 5.32 Å². The number of nitrogens with one attached hydrogen (secondary N) is 2. The Balaban J connectivity index is 1.33. The van der Waals surface area contributed by atoms with E-state index in [2.05, 4.69) is 30.7 Å². The van der Waals surface area contributed by atoms with Gasteiger partial charge in [-0.25, -0.2) is 9.78 Å². The van der Waals surface area contributed by atoms with Gasteiger partial charge in [0.05, 0.1) is 0 Å². The van der Waals surface area contributed by atoms with Crippen molar-refractivity contribution in [2.45, 2.75) is 57.8 Å². The lowest BCUT2D eigenvalue weighted by Crippen LogP contribution is -2.41. The third-order valence-electron chi connectivity index (χ3n) is 5.31. The number of anilines is 1. The van der Waals surface area contributed by atoms with Crippen LogP contribution in [0.5, 0.6) is 0 Å². The fourth-order valence-electron chi connectivity index (χ4n) is 3.93. The molecule has 8 nitrogen and oxygen atoms in total. The predicted octanol–water partition coefficient (Wildman–Crippen LogP) is 3.11. The molecule has 0 spiro atoms. The number of hydrogen-bond donors (Lipinski definition) is 2. The molecule has 2 aromatic heterocycles. The van der Waals surface area contributed by atoms with Crippen LogP contribution in [0.15, 0.2) is 0 Å². The number of carbonyl (C=O) groups is 1. The second-order valence-corrected chi connectivity index (χ2v) is 8.41. The molecule has 1 aliphatic heterocycles. The van der Waals surface area contributed by atoms with E-state index in [1.54, 1.807) is 0 Å². The van der Waals surface area contributed by atoms with Gasteiger partial charge >= 0.3 is 6.03 Å². The molecule has 2 aromatic rings. The van der Waals surface area contributed by atoms with E-state index < -0.39 is 0 Å². The maximum absolute atomic E-state index is 12.6. The van der Waals surface area contributed by atoms with Crippen molar-refractivity contribution in [2.24, 2.45) is 5.92 Å². The lowest BCUT2D eigenvalue weighted by atomic mass is 9.98. The topological polar surface area (TPSA) is 99.7 Å². The van der Waals surface area contributed by atoms with E-state index >= 15 is 0 Å². The number of urea groups is 1. The van der Waals surface area contributed by atoms with Gasteiger partial charge in [-0.15, -0.1) is 10.2 Å². The Morgan fingerprint density at radius 1 is 1.27 bits per heavy atom. The summed E-state index contributed by atoms with van der Waals surface area (Å²) in [6.45, 7) is 3.28. The van der Waals surface area contributed by atoms with Gasteiger partial charge in [0, 0.05) is 25.4 Å². The quantitative estimate of drug-likeness (QED) is 0.855. The summed E-state index contributed by atoms with van der Waals surface area (Å²) in [5.74, 6) is 2.53.